The van der Waals surface area contributed by atoms with Gasteiger partial charge in [0, 0.05) is 12.5 Å². The number of hydrogen-bond acceptors (Lipinski definition) is 3. The third-order valence-electron chi connectivity index (χ3n) is 3.09. The summed E-state index contributed by atoms with van der Waals surface area (Å²) in [6.45, 7) is 5.53. The second-order valence-electron chi connectivity index (χ2n) is 5.26. The SMILES string of the molecule is COC(=O)CCCCCCCCCCNC(C)C. The molecule has 3 nitrogen and oxygen atoms in total. The fourth-order valence-corrected chi connectivity index (χ4v) is 1.95. The van der Waals surface area contributed by atoms with Gasteiger partial charge in [-0.1, -0.05) is 52.4 Å². The summed E-state index contributed by atoms with van der Waals surface area (Å²) in [5.74, 6) is -0.0762. The minimum absolute atomic E-state index is 0.0762. The highest BCUT2D eigenvalue weighted by molar-refractivity contribution is 5.68. The van der Waals surface area contributed by atoms with Crippen LogP contribution in [0.1, 0.15) is 71.6 Å². The van der Waals surface area contributed by atoms with E-state index in [1.54, 1.807) is 0 Å². The Morgan fingerprint density at radius 1 is 0.944 bits per heavy atom. The van der Waals surface area contributed by atoms with Crippen LogP contribution in [0.4, 0.5) is 0 Å². The first-order valence-corrected chi connectivity index (χ1v) is 7.47. The van der Waals surface area contributed by atoms with Gasteiger partial charge in [0.2, 0.25) is 0 Å². The molecule has 0 amide bonds. The zero-order valence-electron chi connectivity index (χ0n) is 12.5. The Kier molecular flexibility index (Phi) is 12.5. The average Bonchev–Trinajstić information content (AvgIpc) is 2.35. The molecule has 0 aromatic heterocycles. The van der Waals surface area contributed by atoms with Gasteiger partial charge in [0.25, 0.3) is 0 Å². The van der Waals surface area contributed by atoms with Crippen LogP contribution < -0.4 is 5.32 Å². The molecule has 18 heavy (non-hydrogen) atoms. The van der Waals surface area contributed by atoms with Crippen LogP contribution in [-0.2, 0) is 9.53 Å². The molecule has 108 valence electrons. The van der Waals surface area contributed by atoms with Crippen LogP contribution in [0.3, 0.4) is 0 Å². The molecule has 0 spiro atoms. The standard InChI is InChI=1S/C15H31NO2/c1-14(2)16-13-11-9-7-5-4-6-8-10-12-15(17)18-3/h14,16H,4-13H2,1-3H3. The third-order valence-corrected chi connectivity index (χ3v) is 3.09. The first-order chi connectivity index (χ1) is 8.66. The van der Waals surface area contributed by atoms with Crippen molar-refractivity contribution < 1.29 is 9.53 Å². The maximum absolute atomic E-state index is 10.9. The molecule has 0 unspecified atom stereocenters. The summed E-state index contributed by atoms with van der Waals surface area (Å²) in [6, 6.07) is 0.611. The number of esters is 1. The molecule has 0 saturated carbocycles. The predicted octanol–water partition coefficient (Wildman–Crippen LogP) is 3.67. The van der Waals surface area contributed by atoms with Crippen molar-refractivity contribution in [1.29, 1.82) is 0 Å². The molecule has 0 aliphatic heterocycles. The third kappa shape index (κ3) is 13.5. The van der Waals surface area contributed by atoms with E-state index >= 15 is 0 Å². The van der Waals surface area contributed by atoms with Gasteiger partial charge in [-0.05, 0) is 19.4 Å². The van der Waals surface area contributed by atoms with Crippen LogP contribution in [0.5, 0.6) is 0 Å². The van der Waals surface area contributed by atoms with Gasteiger partial charge >= 0.3 is 5.97 Å². The smallest absolute Gasteiger partial charge is 0.305 e. The average molecular weight is 257 g/mol. The van der Waals surface area contributed by atoms with E-state index in [9.17, 15) is 4.79 Å². The molecule has 0 rings (SSSR count). The quantitative estimate of drug-likeness (QED) is 0.428. The van der Waals surface area contributed by atoms with Crippen molar-refractivity contribution in [2.24, 2.45) is 0 Å². The molecule has 0 heterocycles. The fourth-order valence-electron chi connectivity index (χ4n) is 1.95. The Hall–Kier alpha value is -0.570. The lowest BCUT2D eigenvalue weighted by Crippen LogP contribution is -2.23. The van der Waals surface area contributed by atoms with E-state index in [0.717, 1.165) is 19.4 Å². The van der Waals surface area contributed by atoms with Crippen molar-refractivity contribution >= 4 is 5.97 Å². The maximum atomic E-state index is 10.9. The van der Waals surface area contributed by atoms with E-state index in [2.05, 4.69) is 23.9 Å². The Bertz CT molecular complexity index is 193. The minimum atomic E-state index is -0.0762. The Labute approximate surface area is 113 Å². The number of carbonyl (C=O) groups is 1. The normalized spacial score (nSPS) is 10.9. The molecule has 0 saturated heterocycles. The lowest BCUT2D eigenvalue weighted by molar-refractivity contribution is -0.140. The highest BCUT2D eigenvalue weighted by Gasteiger charge is 1.99. The lowest BCUT2D eigenvalue weighted by atomic mass is 10.1. The molecule has 0 aliphatic carbocycles. The van der Waals surface area contributed by atoms with Gasteiger partial charge in [0.1, 0.15) is 0 Å². The summed E-state index contributed by atoms with van der Waals surface area (Å²) in [4.78, 5) is 10.9. The number of rotatable bonds is 12. The molecule has 0 bridgehead atoms. The van der Waals surface area contributed by atoms with Crippen molar-refractivity contribution in [1.82, 2.24) is 5.32 Å². The largest absolute Gasteiger partial charge is 0.469 e. The van der Waals surface area contributed by atoms with E-state index in [4.69, 9.17) is 0 Å². The van der Waals surface area contributed by atoms with Gasteiger partial charge in [0.05, 0.1) is 7.11 Å². The molecule has 0 atom stereocenters. The van der Waals surface area contributed by atoms with Gasteiger partial charge in [-0.15, -0.1) is 0 Å². The van der Waals surface area contributed by atoms with Crippen LogP contribution in [0.25, 0.3) is 0 Å². The summed E-state index contributed by atoms with van der Waals surface area (Å²) in [5, 5.41) is 3.44. The molecule has 0 aliphatic rings. The van der Waals surface area contributed by atoms with Gasteiger partial charge in [-0.3, -0.25) is 4.79 Å². The van der Waals surface area contributed by atoms with Gasteiger partial charge in [0.15, 0.2) is 0 Å². The monoisotopic (exact) mass is 257 g/mol. The molecule has 1 N–H and O–H groups in total. The van der Waals surface area contributed by atoms with Crippen LogP contribution in [0.2, 0.25) is 0 Å². The van der Waals surface area contributed by atoms with Gasteiger partial charge in [-0.25, -0.2) is 0 Å². The topological polar surface area (TPSA) is 38.3 Å². The Balaban J connectivity index is 3.01. The van der Waals surface area contributed by atoms with Crippen molar-refractivity contribution in [3.8, 4) is 0 Å². The lowest BCUT2D eigenvalue weighted by Gasteiger charge is -2.07. The van der Waals surface area contributed by atoms with E-state index in [1.807, 2.05) is 0 Å². The summed E-state index contributed by atoms with van der Waals surface area (Å²) in [6.07, 6.45) is 10.6. The van der Waals surface area contributed by atoms with Gasteiger partial charge in [-0.2, -0.15) is 0 Å². The van der Waals surface area contributed by atoms with E-state index < -0.39 is 0 Å². The first-order valence-electron chi connectivity index (χ1n) is 7.47. The molecule has 0 aromatic rings. The minimum Gasteiger partial charge on any atom is -0.469 e. The van der Waals surface area contributed by atoms with Crippen molar-refractivity contribution in [2.75, 3.05) is 13.7 Å². The zero-order valence-corrected chi connectivity index (χ0v) is 12.5. The number of carbonyl (C=O) groups excluding carboxylic acids is 1. The molecule has 0 fully saturated rings. The van der Waals surface area contributed by atoms with E-state index in [-0.39, 0.29) is 5.97 Å². The maximum Gasteiger partial charge on any atom is 0.305 e. The highest BCUT2D eigenvalue weighted by atomic mass is 16.5. The van der Waals surface area contributed by atoms with Crippen LogP contribution in [0, 0.1) is 0 Å². The molecular formula is C15H31NO2. The summed E-state index contributed by atoms with van der Waals surface area (Å²) < 4.78 is 4.60. The Morgan fingerprint density at radius 3 is 1.94 bits per heavy atom. The number of hydrogen-bond donors (Lipinski definition) is 1. The van der Waals surface area contributed by atoms with Crippen LogP contribution in [-0.4, -0.2) is 25.7 Å². The first kappa shape index (κ1) is 17.4. The summed E-state index contributed by atoms with van der Waals surface area (Å²) in [5.41, 5.74) is 0. The fraction of sp³-hybridized carbons (Fsp3) is 0.933. The molecule has 3 heteroatoms. The molecule has 0 aromatic carbocycles. The highest BCUT2D eigenvalue weighted by Crippen LogP contribution is 2.09. The molecular weight excluding hydrogens is 226 g/mol. The number of ether oxygens (including phenoxy) is 1. The summed E-state index contributed by atoms with van der Waals surface area (Å²) >= 11 is 0. The van der Waals surface area contributed by atoms with E-state index in [0.29, 0.717) is 12.5 Å². The second kappa shape index (κ2) is 12.9. The van der Waals surface area contributed by atoms with E-state index in [1.165, 1.54) is 45.6 Å². The van der Waals surface area contributed by atoms with Crippen molar-refractivity contribution in [3.63, 3.8) is 0 Å². The summed E-state index contributed by atoms with van der Waals surface area (Å²) in [7, 11) is 1.45. The van der Waals surface area contributed by atoms with Crippen molar-refractivity contribution in [3.05, 3.63) is 0 Å². The second-order valence-corrected chi connectivity index (χ2v) is 5.26. The predicted molar refractivity (Wildman–Crippen MR) is 76.7 cm³/mol. The Morgan fingerprint density at radius 2 is 1.44 bits per heavy atom. The number of nitrogens with one attached hydrogen (secondary N) is 1. The van der Waals surface area contributed by atoms with Crippen LogP contribution >= 0.6 is 0 Å². The van der Waals surface area contributed by atoms with Crippen LogP contribution in [0.15, 0.2) is 0 Å². The number of methoxy groups -OCH3 is 1. The van der Waals surface area contributed by atoms with Gasteiger partial charge < -0.3 is 10.1 Å². The molecule has 0 radical (unpaired) electrons. The zero-order chi connectivity index (χ0) is 13.6. The van der Waals surface area contributed by atoms with Crippen molar-refractivity contribution in [2.45, 2.75) is 77.7 Å². The number of unbranched alkanes of at least 4 members (excludes halogenated alkanes) is 7.